The van der Waals surface area contributed by atoms with E-state index in [2.05, 4.69) is 17.9 Å². The van der Waals surface area contributed by atoms with Crippen LogP contribution in [0.25, 0.3) is 0 Å². The molecule has 0 bridgehead atoms. The average molecular weight is 378 g/mol. The number of piperidine rings is 1. The number of methoxy groups -OCH3 is 1. The molecule has 2 aliphatic rings. The number of carbonyl (C=O) groups is 1. The monoisotopic (exact) mass is 377 g/mol. The summed E-state index contributed by atoms with van der Waals surface area (Å²) in [5, 5.41) is 3.38. The van der Waals surface area contributed by atoms with Gasteiger partial charge in [-0.05, 0) is 50.6 Å². The highest BCUT2D eigenvalue weighted by molar-refractivity contribution is 7.81. The first-order valence-corrected chi connectivity index (χ1v) is 9.41. The SMILES string of the molecule is COc1ccc(C2=NC3(CCN(C(=O)OC(C)(C)C)CC3)NC2S)cc1. The predicted octanol–water partition coefficient (Wildman–Crippen LogP) is 3.07. The Labute approximate surface area is 160 Å². The molecule has 1 saturated heterocycles. The van der Waals surface area contributed by atoms with E-state index in [1.165, 1.54) is 0 Å². The van der Waals surface area contributed by atoms with Gasteiger partial charge < -0.3 is 14.4 Å². The number of amides is 1. The highest BCUT2D eigenvalue weighted by Gasteiger charge is 2.42. The molecule has 1 aromatic rings. The molecule has 0 aromatic heterocycles. The standard InChI is InChI=1S/C19H27N3O3S/c1-18(2,3)25-17(23)22-11-9-19(10-12-22)20-15(16(26)21-19)13-5-7-14(24-4)8-6-13/h5-8,16,21,26H,9-12H2,1-4H3. The molecule has 1 amide bonds. The van der Waals surface area contributed by atoms with Crippen LogP contribution in [0.5, 0.6) is 5.75 Å². The van der Waals surface area contributed by atoms with Gasteiger partial charge in [-0.3, -0.25) is 10.3 Å². The van der Waals surface area contributed by atoms with Crippen molar-refractivity contribution in [1.82, 2.24) is 10.2 Å². The third-order valence-corrected chi connectivity index (χ3v) is 5.00. The molecule has 6 nitrogen and oxygen atoms in total. The van der Waals surface area contributed by atoms with E-state index in [0.717, 1.165) is 29.9 Å². The van der Waals surface area contributed by atoms with Crippen molar-refractivity contribution < 1.29 is 14.3 Å². The highest BCUT2D eigenvalue weighted by atomic mass is 32.1. The van der Waals surface area contributed by atoms with E-state index in [0.29, 0.717) is 13.1 Å². The highest BCUT2D eigenvalue weighted by Crippen LogP contribution is 2.32. The second kappa shape index (κ2) is 7.12. The maximum atomic E-state index is 12.2. The molecule has 7 heteroatoms. The lowest BCUT2D eigenvalue weighted by atomic mass is 9.98. The smallest absolute Gasteiger partial charge is 0.410 e. The fourth-order valence-electron chi connectivity index (χ4n) is 3.27. The van der Waals surface area contributed by atoms with Gasteiger partial charge in [0, 0.05) is 25.9 Å². The first kappa shape index (κ1) is 19.0. The Kier molecular flexibility index (Phi) is 5.21. The number of thiol groups is 1. The van der Waals surface area contributed by atoms with Crippen LogP contribution in [0, 0.1) is 0 Å². The average Bonchev–Trinajstić information content (AvgIpc) is 2.90. The zero-order chi connectivity index (χ0) is 18.9. The largest absolute Gasteiger partial charge is 0.497 e. The van der Waals surface area contributed by atoms with Crippen LogP contribution in [-0.4, -0.2) is 53.5 Å². The van der Waals surface area contributed by atoms with Crippen molar-refractivity contribution in [1.29, 1.82) is 0 Å². The molecule has 26 heavy (non-hydrogen) atoms. The number of hydrogen-bond acceptors (Lipinski definition) is 6. The molecule has 1 unspecified atom stereocenters. The summed E-state index contributed by atoms with van der Waals surface area (Å²) in [5.74, 6) is 0.816. The normalized spacial score (nSPS) is 22.3. The van der Waals surface area contributed by atoms with Crippen molar-refractivity contribution in [2.24, 2.45) is 4.99 Å². The Morgan fingerprint density at radius 1 is 1.27 bits per heavy atom. The number of aliphatic imine (C=N–C) groups is 1. The van der Waals surface area contributed by atoms with E-state index < -0.39 is 5.60 Å². The van der Waals surface area contributed by atoms with Crippen LogP contribution in [0.3, 0.4) is 0 Å². The first-order valence-electron chi connectivity index (χ1n) is 8.89. The molecule has 0 saturated carbocycles. The number of likely N-dealkylation sites (tertiary alicyclic amines) is 1. The van der Waals surface area contributed by atoms with Gasteiger partial charge in [0.15, 0.2) is 0 Å². The molecular formula is C19H27N3O3S. The van der Waals surface area contributed by atoms with Gasteiger partial charge in [-0.25, -0.2) is 4.79 Å². The third-order valence-electron chi connectivity index (χ3n) is 4.63. The Bertz CT molecular complexity index is 689. The van der Waals surface area contributed by atoms with Crippen LogP contribution in [-0.2, 0) is 4.74 Å². The molecule has 1 N–H and O–H groups in total. The summed E-state index contributed by atoms with van der Waals surface area (Å²) in [6.45, 7) is 6.87. The van der Waals surface area contributed by atoms with E-state index >= 15 is 0 Å². The van der Waals surface area contributed by atoms with Crippen molar-refractivity contribution in [2.45, 2.75) is 50.3 Å². The van der Waals surface area contributed by atoms with Crippen molar-refractivity contribution in [3.05, 3.63) is 29.8 Å². The Morgan fingerprint density at radius 2 is 1.88 bits per heavy atom. The molecule has 1 atom stereocenters. The fourth-order valence-corrected chi connectivity index (χ4v) is 3.72. The zero-order valence-corrected chi connectivity index (χ0v) is 16.7. The zero-order valence-electron chi connectivity index (χ0n) is 15.8. The molecule has 3 rings (SSSR count). The topological polar surface area (TPSA) is 63.2 Å². The lowest BCUT2D eigenvalue weighted by Gasteiger charge is -2.38. The minimum absolute atomic E-state index is 0.128. The second-order valence-electron chi connectivity index (χ2n) is 7.77. The number of carbonyl (C=O) groups excluding carboxylic acids is 1. The number of nitrogens with zero attached hydrogens (tertiary/aromatic N) is 2. The predicted molar refractivity (Wildman–Crippen MR) is 105 cm³/mol. The van der Waals surface area contributed by atoms with E-state index in [9.17, 15) is 4.79 Å². The summed E-state index contributed by atoms with van der Waals surface area (Å²) in [6.07, 6.45) is 1.22. The molecule has 142 valence electrons. The van der Waals surface area contributed by atoms with Crippen LogP contribution in [0.2, 0.25) is 0 Å². The van der Waals surface area contributed by atoms with E-state index in [1.54, 1.807) is 12.0 Å². The maximum Gasteiger partial charge on any atom is 0.410 e. The minimum Gasteiger partial charge on any atom is -0.497 e. The van der Waals surface area contributed by atoms with E-state index in [-0.39, 0.29) is 17.1 Å². The quantitative estimate of drug-likeness (QED) is 0.778. The van der Waals surface area contributed by atoms with Crippen LogP contribution in [0.1, 0.15) is 39.2 Å². The summed E-state index contributed by atoms with van der Waals surface area (Å²) in [6, 6.07) is 7.84. The number of rotatable bonds is 2. The summed E-state index contributed by atoms with van der Waals surface area (Å²) >= 11 is 4.67. The number of benzene rings is 1. The molecular weight excluding hydrogens is 350 g/mol. The van der Waals surface area contributed by atoms with Gasteiger partial charge in [-0.1, -0.05) is 0 Å². The van der Waals surface area contributed by atoms with Gasteiger partial charge in [-0.15, -0.1) is 0 Å². The lowest BCUT2D eigenvalue weighted by molar-refractivity contribution is 0.0159. The van der Waals surface area contributed by atoms with E-state index in [1.807, 2.05) is 45.0 Å². The van der Waals surface area contributed by atoms with Gasteiger partial charge in [0.1, 0.15) is 17.0 Å². The molecule has 1 aromatic carbocycles. The Hall–Kier alpha value is -1.73. The van der Waals surface area contributed by atoms with Gasteiger partial charge in [0.2, 0.25) is 0 Å². The molecule has 0 aliphatic carbocycles. The van der Waals surface area contributed by atoms with Crippen LogP contribution >= 0.6 is 12.6 Å². The lowest BCUT2D eigenvalue weighted by Crippen LogP contribution is -2.53. The van der Waals surface area contributed by atoms with Crippen LogP contribution < -0.4 is 10.1 Å². The fraction of sp³-hybridized carbons (Fsp3) is 0.579. The Balaban J connectivity index is 1.68. The van der Waals surface area contributed by atoms with Gasteiger partial charge in [0.05, 0.1) is 18.2 Å². The molecule has 2 heterocycles. The molecule has 1 fully saturated rings. The number of nitrogens with one attached hydrogen (secondary N) is 1. The molecule has 0 radical (unpaired) electrons. The number of hydrogen-bond donors (Lipinski definition) is 2. The summed E-state index contributed by atoms with van der Waals surface area (Å²) < 4.78 is 10.7. The third kappa shape index (κ3) is 4.15. The van der Waals surface area contributed by atoms with Gasteiger partial charge in [-0.2, -0.15) is 12.6 Å². The van der Waals surface area contributed by atoms with Crippen molar-refractivity contribution in [2.75, 3.05) is 20.2 Å². The van der Waals surface area contributed by atoms with Gasteiger partial charge in [0.25, 0.3) is 0 Å². The first-order chi connectivity index (χ1) is 12.2. The van der Waals surface area contributed by atoms with Crippen molar-refractivity contribution >= 4 is 24.4 Å². The maximum absolute atomic E-state index is 12.2. The Morgan fingerprint density at radius 3 is 2.42 bits per heavy atom. The number of ether oxygens (including phenoxy) is 2. The minimum atomic E-state index is -0.478. The summed E-state index contributed by atoms with van der Waals surface area (Å²) in [7, 11) is 1.65. The van der Waals surface area contributed by atoms with Crippen LogP contribution in [0.4, 0.5) is 4.79 Å². The molecule has 2 aliphatic heterocycles. The summed E-state index contributed by atoms with van der Waals surface area (Å²) in [5.41, 5.74) is 1.12. The van der Waals surface area contributed by atoms with E-state index in [4.69, 9.17) is 14.5 Å². The second-order valence-corrected chi connectivity index (χ2v) is 8.29. The van der Waals surface area contributed by atoms with Gasteiger partial charge >= 0.3 is 6.09 Å². The van der Waals surface area contributed by atoms with Crippen LogP contribution in [0.15, 0.2) is 29.3 Å². The molecule has 1 spiro atoms. The van der Waals surface area contributed by atoms with Crippen molar-refractivity contribution in [3.8, 4) is 5.75 Å². The summed E-state index contributed by atoms with van der Waals surface area (Å²) in [4.78, 5) is 19.0. The van der Waals surface area contributed by atoms with Crippen molar-refractivity contribution in [3.63, 3.8) is 0 Å².